The molecule has 0 heterocycles. The molecule has 0 amide bonds. The minimum atomic E-state index is -1.13. The summed E-state index contributed by atoms with van der Waals surface area (Å²) in [5, 5.41) is -0.127. The molecule has 0 saturated heterocycles. The molecule has 0 saturated carbocycles. The molecule has 20 heavy (non-hydrogen) atoms. The Hall–Kier alpha value is -1.42. The highest BCUT2D eigenvalue weighted by Gasteiger charge is 2.32. The number of hydrogen-bond acceptors (Lipinski definition) is 3. The fourth-order valence-corrected chi connectivity index (χ4v) is 3.81. The van der Waals surface area contributed by atoms with Crippen LogP contribution in [0.4, 0.5) is 0 Å². The normalized spacial score (nSPS) is 27.1. The van der Waals surface area contributed by atoms with Gasteiger partial charge in [0, 0.05) is 4.90 Å². The largest absolute Gasteiger partial charge is 0.469 e. The van der Waals surface area contributed by atoms with Crippen molar-refractivity contribution in [1.82, 2.24) is 0 Å². The van der Waals surface area contributed by atoms with Crippen LogP contribution < -0.4 is 0 Å². The van der Waals surface area contributed by atoms with Gasteiger partial charge in [0.25, 0.3) is 0 Å². The maximum absolute atomic E-state index is 12.6. The molecule has 2 rings (SSSR count). The van der Waals surface area contributed by atoms with Crippen molar-refractivity contribution in [3.05, 3.63) is 42.0 Å². The van der Waals surface area contributed by atoms with Crippen molar-refractivity contribution in [2.24, 2.45) is 11.8 Å². The summed E-state index contributed by atoms with van der Waals surface area (Å²) < 4.78 is 17.4. The molecule has 0 bridgehead atoms. The highest BCUT2D eigenvalue weighted by Crippen LogP contribution is 2.30. The third-order valence-electron chi connectivity index (χ3n) is 3.78. The van der Waals surface area contributed by atoms with Gasteiger partial charge in [-0.1, -0.05) is 36.8 Å². The third kappa shape index (κ3) is 3.18. The lowest BCUT2D eigenvalue weighted by Crippen LogP contribution is -2.31. The van der Waals surface area contributed by atoms with E-state index in [1.165, 1.54) is 7.11 Å². The summed E-state index contributed by atoms with van der Waals surface area (Å²) in [6.45, 7) is 3.99. The summed E-state index contributed by atoms with van der Waals surface area (Å²) >= 11 is 0. The zero-order chi connectivity index (χ0) is 14.7. The molecule has 4 atom stereocenters. The Bertz CT molecular complexity index is 533. The van der Waals surface area contributed by atoms with E-state index in [9.17, 15) is 9.00 Å². The lowest BCUT2D eigenvalue weighted by Gasteiger charge is -2.27. The molecule has 0 N–H and O–H groups in total. The zero-order valence-electron chi connectivity index (χ0n) is 12.0. The second-order valence-corrected chi connectivity index (χ2v) is 6.93. The van der Waals surface area contributed by atoms with Crippen LogP contribution in [-0.4, -0.2) is 22.5 Å². The van der Waals surface area contributed by atoms with Gasteiger partial charge >= 0.3 is 5.97 Å². The molecule has 3 nitrogen and oxygen atoms in total. The first kappa shape index (κ1) is 15.0. The van der Waals surface area contributed by atoms with Gasteiger partial charge in [-0.15, -0.1) is 0 Å². The van der Waals surface area contributed by atoms with Crippen molar-refractivity contribution < 1.29 is 13.7 Å². The van der Waals surface area contributed by atoms with Crippen LogP contribution in [0, 0.1) is 18.8 Å². The van der Waals surface area contributed by atoms with Crippen LogP contribution in [0.15, 0.2) is 41.3 Å². The first-order valence-electron chi connectivity index (χ1n) is 6.76. The standard InChI is InChI=1S/C16H20O3S/c1-11-4-7-13(8-5-11)20(18)14-9-6-12(2)15(10-14)16(17)19-3/h4-9,12,14-15H,10H2,1-3H3/t12-,14+,15+,20?/m0/s1. The molecule has 0 radical (unpaired) electrons. The van der Waals surface area contributed by atoms with Crippen LogP contribution in [0.25, 0.3) is 0 Å². The second kappa shape index (κ2) is 6.35. The van der Waals surface area contributed by atoms with Gasteiger partial charge < -0.3 is 4.74 Å². The molecule has 0 aromatic heterocycles. The minimum absolute atomic E-state index is 0.127. The highest BCUT2D eigenvalue weighted by atomic mass is 32.2. The van der Waals surface area contributed by atoms with Crippen LogP contribution in [0.3, 0.4) is 0 Å². The number of methoxy groups -OCH3 is 1. The predicted molar refractivity (Wildman–Crippen MR) is 79.8 cm³/mol. The quantitative estimate of drug-likeness (QED) is 0.635. The van der Waals surface area contributed by atoms with E-state index in [-0.39, 0.29) is 23.1 Å². The number of esters is 1. The monoisotopic (exact) mass is 292 g/mol. The number of benzene rings is 1. The van der Waals surface area contributed by atoms with Crippen molar-refractivity contribution in [3.8, 4) is 0 Å². The Balaban J connectivity index is 2.17. The van der Waals surface area contributed by atoms with Crippen LogP contribution in [0.2, 0.25) is 0 Å². The highest BCUT2D eigenvalue weighted by molar-refractivity contribution is 7.85. The van der Waals surface area contributed by atoms with Crippen molar-refractivity contribution in [3.63, 3.8) is 0 Å². The first-order valence-corrected chi connectivity index (χ1v) is 7.97. The SMILES string of the molecule is COC(=O)[C@@H]1C[C@H](S(=O)c2ccc(C)cc2)C=C[C@@H]1C. The average molecular weight is 292 g/mol. The van der Waals surface area contributed by atoms with Gasteiger partial charge in [0.1, 0.15) is 0 Å². The number of carbonyl (C=O) groups is 1. The number of ether oxygens (including phenoxy) is 1. The summed E-state index contributed by atoms with van der Waals surface area (Å²) in [5.41, 5.74) is 1.14. The summed E-state index contributed by atoms with van der Waals surface area (Å²) in [7, 11) is 0.275. The third-order valence-corrected chi connectivity index (χ3v) is 5.42. The Labute approximate surface area is 122 Å². The average Bonchev–Trinajstić information content (AvgIpc) is 2.47. The fraction of sp³-hybridized carbons (Fsp3) is 0.438. The summed E-state index contributed by atoms with van der Waals surface area (Å²) in [5.74, 6) is -0.286. The van der Waals surface area contributed by atoms with E-state index < -0.39 is 10.8 Å². The van der Waals surface area contributed by atoms with Crippen LogP contribution in [0.1, 0.15) is 18.9 Å². The molecule has 0 aliphatic heterocycles. The van der Waals surface area contributed by atoms with E-state index in [2.05, 4.69) is 0 Å². The Morgan fingerprint density at radius 2 is 1.90 bits per heavy atom. The van der Waals surface area contributed by atoms with Crippen molar-refractivity contribution in [1.29, 1.82) is 0 Å². The molecule has 1 aromatic rings. The van der Waals surface area contributed by atoms with Gasteiger partial charge in [0.05, 0.1) is 29.1 Å². The van der Waals surface area contributed by atoms with Crippen LogP contribution >= 0.6 is 0 Å². The van der Waals surface area contributed by atoms with Crippen molar-refractivity contribution in [2.75, 3.05) is 7.11 Å². The predicted octanol–water partition coefficient (Wildman–Crippen LogP) is 2.86. The molecule has 4 heteroatoms. The van der Waals surface area contributed by atoms with E-state index in [0.29, 0.717) is 6.42 Å². The molecule has 1 aliphatic carbocycles. The molecule has 1 unspecified atom stereocenters. The maximum atomic E-state index is 12.6. The Morgan fingerprint density at radius 1 is 1.25 bits per heavy atom. The molecule has 1 aliphatic rings. The number of allylic oxidation sites excluding steroid dienone is 1. The molecule has 1 aromatic carbocycles. The molecular weight excluding hydrogens is 272 g/mol. The maximum Gasteiger partial charge on any atom is 0.309 e. The van der Waals surface area contributed by atoms with Crippen molar-refractivity contribution in [2.45, 2.75) is 30.4 Å². The minimum Gasteiger partial charge on any atom is -0.469 e. The van der Waals surface area contributed by atoms with Gasteiger partial charge in [-0.25, -0.2) is 0 Å². The van der Waals surface area contributed by atoms with E-state index in [1.807, 2.05) is 50.3 Å². The molecule has 108 valence electrons. The van der Waals surface area contributed by atoms with E-state index in [4.69, 9.17) is 4.74 Å². The number of carbonyl (C=O) groups excluding carboxylic acids is 1. The topological polar surface area (TPSA) is 43.4 Å². The summed E-state index contributed by atoms with van der Waals surface area (Å²) in [4.78, 5) is 12.6. The van der Waals surface area contributed by atoms with E-state index >= 15 is 0 Å². The van der Waals surface area contributed by atoms with Gasteiger partial charge in [-0.3, -0.25) is 9.00 Å². The zero-order valence-corrected chi connectivity index (χ0v) is 12.9. The van der Waals surface area contributed by atoms with Crippen LogP contribution in [-0.2, 0) is 20.3 Å². The van der Waals surface area contributed by atoms with E-state index in [0.717, 1.165) is 10.5 Å². The second-order valence-electron chi connectivity index (χ2n) is 5.26. The summed E-state index contributed by atoms with van der Waals surface area (Å²) in [6, 6.07) is 7.70. The molecular formula is C16H20O3S. The number of aryl methyl sites for hydroxylation is 1. The van der Waals surface area contributed by atoms with Gasteiger partial charge in [0.2, 0.25) is 0 Å². The Morgan fingerprint density at radius 3 is 2.50 bits per heavy atom. The summed E-state index contributed by atoms with van der Waals surface area (Å²) in [6.07, 6.45) is 4.52. The van der Waals surface area contributed by atoms with Gasteiger partial charge in [-0.05, 0) is 31.4 Å². The fourth-order valence-electron chi connectivity index (χ4n) is 2.44. The lowest BCUT2D eigenvalue weighted by molar-refractivity contribution is -0.146. The lowest BCUT2D eigenvalue weighted by atomic mass is 9.85. The van der Waals surface area contributed by atoms with E-state index in [1.54, 1.807) is 0 Å². The Kier molecular flexibility index (Phi) is 4.76. The van der Waals surface area contributed by atoms with Gasteiger partial charge in [-0.2, -0.15) is 0 Å². The van der Waals surface area contributed by atoms with Gasteiger partial charge in [0.15, 0.2) is 0 Å². The van der Waals surface area contributed by atoms with Crippen LogP contribution in [0.5, 0.6) is 0 Å². The molecule has 0 fully saturated rings. The molecule has 0 spiro atoms. The number of rotatable bonds is 3. The smallest absolute Gasteiger partial charge is 0.309 e. The number of hydrogen-bond donors (Lipinski definition) is 0. The van der Waals surface area contributed by atoms with Crippen molar-refractivity contribution >= 4 is 16.8 Å². The first-order chi connectivity index (χ1) is 9.52.